The fourth-order valence-electron chi connectivity index (χ4n) is 6.32. The molecule has 0 aliphatic rings. The Kier molecular flexibility index (Phi) is 19.4. The van der Waals surface area contributed by atoms with Crippen LogP contribution in [0.3, 0.4) is 0 Å². The van der Waals surface area contributed by atoms with Gasteiger partial charge >= 0.3 is 0 Å². The van der Waals surface area contributed by atoms with Gasteiger partial charge in [-0.25, -0.2) is 0 Å². The molecule has 0 saturated carbocycles. The number of anilines is 4. The van der Waals surface area contributed by atoms with E-state index in [1.807, 2.05) is 0 Å². The van der Waals surface area contributed by atoms with Crippen molar-refractivity contribution < 1.29 is 38.2 Å². The van der Waals surface area contributed by atoms with Gasteiger partial charge in [-0.05, 0) is 110 Å². The number of amides is 4. The van der Waals surface area contributed by atoms with Gasteiger partial charge in [0.1, 0.15) is 22.9 Å². The minimum atomic E-state index is -1.64. The van der Waals surface area contributed by atoms with Crippen LogP contribution in [0.1, 0.15) is 51.3 Å². The smallest absolute Gasteiger partial charge is 0.258 e. The summed E-state index contributed by atoms with van der Waals surface area (Å²) in [7, 11) is 3.03. The lowest BCUT2D eigenvalue weighted by Crippen LogP contribution is -2.32. The molecule has 0 fully saturated rings. The highest BCUT2D eigenvalue weighted by molar-refractivity contribution is 6.33. The van der Waals surface area contributed by atoms with Gasteiger partial charge in [0.05, 0.1) is 24.3 Å². The van der Waals surface area contributed by atoms with Crippen molar-refractivity contribution in [3.05, 3.63) is 129 Å². The average molecular weight is 1030 g/mol. The molecule has 0 aromatic heterocycles. The summed E-state index contributed by atoms with van der Waals surface area (Å²) < 4.78 is 10.8. The highest BCUT2D eigenvalue weighted by atomic mass is 35.5. The molecule has 354 valence electrons. The van der Waals surface area contributed by atoms with Crippen molar-refractivity contribution in [1.29, 1.82) is 0 Å². The number of aryl methyl sites for hydroxylation is 2. The van der Waals surface area contributed by atoms with E-state index in [1.165, 1.54) is 68.8 Å². The van der Waals surface area contributed by atoms with Gasteiger partial charge in [0.25, 0.3) is 23.6 Å². The number of azo groups is 2. The van der Waals surface area contributed by atoms with Crippen molar-refractivity contribution >= 4 is 127 Å². The van der Waals surface area contributed by atoms with Crippen LogP contribution >= 0.6 is 58.0 Å². The third-order valence-corrected chi connectivity index (χ3v) is 11.1. The molecule has 0 spiro atoms. The third kappa shape index (κ3) is 14.1. The lowest BCUT2D eigenvalue weighted by molar-refractivity contribution is -0.127. The molecule has 0 radical (unpaired) electrons. The minimum absolute atomic E-state index is 0.0143. The first-order valence-electron chi connectivity index (χ1n) is 20.4. The molecule has 2 atom stereocenters. The number of Topliss-reactive ketones (excluding diaryl/α,β-unsaturated/α-hetero) is 2. The van der Waals surface area contributed by atoms with Crippen LogP contribution in [0.15, 0.2) is 111 Å². The van der Waals surface area contributed by atoms with Crippen LogP contribution in [-0.4, -0.2) is 73.3 Å². The predicted octanol–water partition coefficient (Wildman–Crippen LogP) is 11.2. The Bertz CT molecular complexity index is 2790. The molecule has 5 aromatic rings. The maximum absolute atomic E-state index is 13.4. The molecular weight excluding hydrogens is 982 g/mol. The summed E-state index contributed by atoms with van der Waals surface area (Å²) in [4.78, 5) is 78.5. The Morgan fingerprint density at radius 3 is 1.37 bits per heavy atom. The van der Waals surface area contributed by atoms with Crippen LogP contribution in [0.5, 0.6) is 11.5 Å². The molecule has 16 nitrogen and oxygen atoms in total. The highest BCUT2D eigenvalue weighted by Crippen LogP contribution is 2.31. The van der Waals surface area contributed by atoms with E-state index in [0.717, 1.165) is 25.0 Å². The summed E-state index contributed by atoms with van der Waals surface area (Å²) >= 11 is 30.7. The number of halogens is 5. The number of nitrogens with one attached hydrogen (secondary N) is 4. The number of rotatable bonds is 21. The first-order chi connectivity index (χ1) is 32.6. The van der Waals surface area contributed by atoms with Crippen molar-refractivity contribution in [2.45, 2.75) is 44.7 Å². The van der Waals surface area contributed by atoms with E-state index in [9.17, 15) is 28.8 Å². The van der Waals surface area contributed by atoms with Gasteiger partial charge in [-0.15, -0.1) is 34.8 Å². The standard InChI is InChI=1S/C47H43Cl5N8O8/c1-25(61)42(59-57-38-20-29(7-12-35(38)51)44(63)53-33-9-5-27(15-17-48)40(22-33)67-3)46(65)55-32-11-14-37(31(19-32)24-50)56-47(66)43(26(2)62)60-58-39-21-30(8-13-36(39)52)45(64)54-34-10-6-28(16-18-49)41(23-34)68-4/h5-14,19-23,42-43H,15-18,24H2,1-4H3,(H,53,63)(H,54,64)(H,55,65)(H,56,66). The zero-order chi connectivity index (χ0) is 49.5. The van der Waals surface area contributed by atoms with E-state index in [-0.39, 0.29) is 49.8 Å². The Hall–Kier alpha value is -6.43. The second-order valence-corrected chi connectivity index (χ2v) is 16.5. The first kappa shape index (κ1) is 52.5. The quantitative estimate of drug-likeness (QED) is 0.0314. The number of ether oxygens (including phenoxy) is 2. The molecule has 0 saturated heterocycles. The Balaban J connectivity index is 1.25. The van der Waals surface area contributed by atoms with Crippen molar-refractivity contribution in [2.24, 2.45) is 20.5 Å². The number of benzene rings is 5. The normalized spacial score (nSPS) is 12.0. The van der Waals surface area contributed by atoms with Gasteiger partial charge in [-0.2, -0.15) is 20.5 Å². The van der Waals surface area contributed by atoms with Gasteiger partial charge in [0.15, 0.2) is 11.6 Å². The van der Waals surface area contributed by atoms with Crippen LogP contribution in [0, 0.1) is 0 Å². The van der Waals surface area contributed by atoms with E-state index in [0.29, 0.717) is 53.0 Å². The lowest BCUT2D eigenvalue weighted by Gasteiger charge is -2.15. The molecule has 68 heavy (non-hydrogen) atoms. The third-order valence-electron chi connectivity index (χ3n) is 9.84. The van der Waals surface area contributed by atoms with Crippen LogP contribution in [0.2, 0.25) is 10.0 Å². The zero-order valence-corrected chi connectivity index (χ0v) is 40.6. The Morgan fingerprint density at radius 2 is 0.956 bits per heavy atom. The molecule has 5 aromatic carbocycles. The molecule has 0 aliphatic heterocycles. The van der Waals surface area contributed by atoms with Crippen LogP contribution in [-0.2, 0) is 37.9 Å². The van der Waals surface area contributed by atoms with Gasteiger partial charge in [-0.1, -0.05) is 35.3 Å². The van der Waals surface area contributed by atoms with Crippen LogP contribution in [0.25, 0.3) is 0 Å². The number of carbonyl (C=O) groups excluding carboxylic acids is 6. The number of carbonyl (C=O) groups is 6. The topological polar surface area (TPSA) is 218 Å². The Labute approximate surface area is 416 Å². The zero-order valence-electron chi connectivity index (χ0n) is 36.8. The molecule has 4 N–H and O–H groups in total. The second-order valence-electron chi connectivity index (χ2n) is 14.6. The minimum Gasteiger partial charge on any atom is -0.496 e. The van der Waals surface area contributed by atoms with Crippen molar-refractivity contribution in [3.8, 4) is 11.5 Å². The van der Waals surface area contributed by atoms with E-state index < -0.39 is 47.3 Å². The molecular formula is C47H43Cl5N8O8. The number of nitrogens with zero attached hydrogens (tertiary/aromatic N) is 4. The SMILES string of the molecule is COc1cc(NC(=O)c2ccc(Cl)c(N=NC(C(C)=O)C(=O)Nc3ccc(NC(=O)C(N=Nc4cc(C(=O)Nc5ccc(CCCl)c(OC)c5)ccc4Cl)C(C)=O)c(CCl)c3)c2)ccc1CCCl. The molecule has 5 rings (SSSR count). The van der Waals surface area contributed by atoms with E-state index in [1.54, 1.807) is 36.4 Å². The van der Waals surface area contributed by atoms with Gasteiger partial charge < -0.3 is 30.7 Å². The lowest BCUT2D eigenvalue weighted by atomic mass is 10.1. The molecule has 0 aliphatic carbocycles. The molecule has 21 heteroatoms. The number of hydrogen-bond donors (Lipinski definition) is 4. The van der Waals surface area contributed by atoms with E-state index in [2.05, 4.69) is 41.7 Å². The fraction of sp³-hybridized carbons (Fsp3) is 0.234. The largest absolute Gasteiger partial charge is 0.496 e. The summed E-state index contributed by atoms with van der Waals surface area (Å²) in [6.45, 7) is 2.30. The number of hydrogen-bond acceptors (Lipinski definition) is 12. The number of alkyl halides is 3. The molecule has 0 bridgehead atoms. The summed E-state index contributed by atoms with van der Waals surface area (Å²) in [5, 5.41) is 27.0. The maximum atomic E-state index is 13.4. The van der Waals surface area contributed by atoms with Crippen molar-refractivity contribution in [2.75, 3.05) is 47.2 Å². The van der Waals surface area contributed by atoms with Crippen LogP contribution in [0.4, 0.5) is 34.1 Å². The van der Waals surface area contributed by atoms with E-state index >= 15 is 0 Å². The van der Waals surface area contributed by atoms with Gasteiger partial charge in [-0.3, -0.25) is 28.8 Å². The summed E-state index contributed by atoms with van der Waals surface area (Å²) in [6, 6.07) is 19.9. The molecule has 4 amide bonds. The van der Waals surface area contributed by atoms with Crippen molar-refractivity contribution in [3.63, 3.8) is 0 Å². The monoisotopic (exact) mass is 1020 g/mol. The van der Waals surface area contributed by atoms with E-state index in [4.69, 9.17) is 67.5 Å². The average Bonchev–Trinajstić information content (AvgIpc) is 3.31. The number of methoxy groups -OCH3 is 2. The first-order valence-corrected chi connectivity index (χ1v) is 22.8. The van der Waals surface area contributed by atoms with Crippen molar-refractivity contribution in [1.82, 2.24) is 0 Å². The predicted molar refractivity (Wildman–Crippen MR) is 265 cm³/mol. The summed E-state index contributed by atoms with van der Waals surface area (Å²) in [5.41, 5.74) is 3.70. The molecule has 2 unspecified atom stereocenters. The fourth-order valence-corrected chi connectivity index (χ4v) is 7.26. The van der Waals surface area contributed by atoms with Crippen LogP contribution < -0.4 is 30.7 Å². The summed E-state index contributed by atoms with van der Waals surface area (Å²) in [5.74, 6) is -2.30. The maximum Gasteiger partial charge on any atom is 0.258 e. The summed E-state index contributed by atoms with van der Waals surface area (Å²) in [6.07, 6.45) is 1.16. The second kappa shape index (κ2) is 25.1. The molecule has 0 heterocycles. The highest BCUT2D eigenvalue weighted by Gasteiger charge is 2.26. The number of ketones is 2. The van der Waals surface area contributed by atoms with Gasteiger partial charge in [0.2, 0.25) is 12.1 Å². The Morgan fingerprint density at radius 1 is 0.529 bits per heavy atom. The van der Waals surface area contributed by atoms with Gasteiger partial charge in [0, 0.05) is 63.6 Å².